The van der Waals surface area contributed by atoms with Crippen molar-refractivity contribution in [3.63, 3.8) is 0 Å². The molecule has 0 saturated carbocycles. The zero-order chi connectivity index (χ0) is 15.2. The summed E-state index contributed by atoms with van der Waals surface area (Å²) in [5, 5.41) is 8.76. The number of benzene rings is 2. The third-order valence-corrected chi connectivity index (χ3v) is 3.00. The molecule has 21 heavy (non-hydrogen) atoms. The van der Waals surface area contributed by atoms with Gasteiger partial charge in [-0.1, -0.05) is 24.3 Å². The van der Waals surface area contributed by atoms with Crippen molar-refractivity contribution in [2.45, 2.75) is 6.61 Å². The topological polar surface area (TPSA) is 53.3 Å². The van der Waals surface area contributed by atoms with Gasteiger partial charge in [0.15, 0.2) is 0 Å². The van der Waals surface area contributed by atoms with Gasteiger partial charge in [0.05, 0.1) is 17.2 Å². The number of ether oxygens (including phenoxy) is 1. The molecule has 106 valence electrons. The lowest BCUT2D eigenvalue weighted by atomic mass is 10.1. The molecule has 0 aliphatic carbocycles. The van der Waals surface area contributed by atoms with E-state index in [2.05, 4.69) is 6.07 Å². The molecule has 2 aromatic carbocycles. The van der Waals surface area contributed by atoms with Crippen LogP contribution in [0.5, 0.6) is 5.75 Å². The minimum absolute atomic E-state index is 0.0922. The van der Waals surface area contributed by atoms with E-state index >= 15 is 0 Å². The van der Waals surface area contributed by atoms with Gasteiger partial charge in [0.2, 0.25) is 0 Å². The lowest BCUT2D eigenvalue weighted by Crippen LogP contribution is -2.22. The number of hydrogen-bond donors (Lipinski definition) is 0. The molecule has 0 aromatic heterocycles. The van der Waals surface area contributed by atoms with Crippen LogP contribution in [0.1, 0.15) is 21.5 Å². The summed E-state index contributed by atoms with van der Waals surface area (Å²) in [7, 11) is 3.42. The number of rotatable bonds is 4. The van der Waals surface area contributed by atoms with Crippen molar-refractivity contribution in [2.75, 3.05) is 14.1 Å². The van der Waals surface area contributed by atoms with Gasteiger partial charge in [-0.15, -0.1) is 0 Å². The molecule has 1 amide bonds. The first-order valence-electron chi connectivity index (χ1n) is 6.54. The minimum atomic E-state index is -0.0922. The fraction of sp³-hybridized carbons (Fsp3) is 0.176. The summed E-state index contributed by atoms with van der Waals surface area (Å²) in [6.07, 6.45) is 0. The molecular weight excluding hydrogens is 264 g/mol. The summed E-state index contributed by atoms with van der Waals surface area (Å²) in [6.45, 7) is 0.351. The maximum Gasteiger partial charge on any atom is 0.257 e. The van der Waals surface area contributed by atoms with Gasteiger partial charge in [0.25, 0.3) is 5.91 Å². The number of amides is 1. The Bertz CT molecular complexity index is 670. The second kappa shape index (κ2) is 6.58. The van der Waals surface area contributed by atoms with Gasteiger partial charge in [-0.05, 0) is 29.8 Å². The molecule has 0 radical (unpaired) electrons. The predicted molar refractivity (Wildman–Crippen MR) is 79.9 cm³/mol. The van der Waals surface area contributed by atoms with Gasteiger partial charge in [-0.3, -0.25) is 4.79 Å². The van der Waals surface area contributed by atoms with Crippen molar-refractivity contribution in [1.82, 2.24) is 4.90 Å². The van der Waals surface area contributed by atoms with Crippen molar-refractivity contribution in [1.29, 1.82) is 5.26 Å². The Hall–Kier alpha value is -2.80. The van der Waals surface area contributed by atoms with Crippen LogP contribution in [0.15, 0.2) is 48.5 Å². The first-order valence-corrected chi connectivity index (χ1v) is 6.54. The van der Waals surface area contributed by atoms with Crippen molar-refractivity contribution in [3.05, 3.63) is 65.2 Å². The number of nitrogens with zero attached hydrogens (tertiary/aromatic N) is 2. The zero-order valence-corrected chi connectivity index (χ0v) is 12.0. The summed E-state index contributed by atoms with van der Waals surface area (Å²) in [4.78, 5) is 13.6. The van der Waals surface area contributed by atoms with Gasteiger partial charge in [-0.25, -0.2) is 0 Å². The number of para-hydroxylation sites is 1. The van der Waals surface area contributed by atoms with E-state index in [-0.39, 0.29) is 5.91 Å². The van der Waals surface area contributed by atoms with Crippen molar-refractivity contribution in [2.24, 2.45) is 0 Å². The Kier molecular flexibility index (Phi) is 4.57. The maximum atomic E-state index is 12.1. The summed E-state index contributed by atoms with van der Waals surface area (Å²) < 4.78 is 5.74. The van der Waals surface area contributed by atoms with E-state index in [1.165, 1.54) is 4.90 Å². The quantitative estimate of drug-likeness (QED) is 0.865. The van der Waals surface area contributed by atoms with E-state index in [1.54, 1.807) is 38.4 Å². The van der Waals surface area contributed by atoms with Crippen LogP contribution in [0.4, 0.5) is 0 Å². The van der Waals surface area contributed by atoms with E-state index in [0.29, 0.717) is 23.5 Å². The number of nitriles is 1. The standard InChI is InChI=1S/C17H16N2O2/c1-19(2)17(20)15-5-3-4-6-16(15)21-12-14-9-7-13(11-18)8-10-14/h3-10H,12H2,1-2H3. The molecule has 2 aromatic rings. The Labute approximate surface area is 124 Å². The first-order chi connectivity index (χ1) is 10.1. The average molecular weight is 280 g/mol. The lowest BCUT2D eigenvalue weighted by Gasteiger charge is -2.14. The van der Waals surface area contributed by atoms with E-state index in [4.69, 9.17) is 10.00 Å². The third kappa shape index (κ3) is 3.61. The molecule has 0 fully saturated rings. The van der Waals surface area contributed by atoms with Gasteiger partial charge in [0, 0.05) is 14.1 Å². The highest BCUT2D eigenvalue weighted by atomic mass is 16.5. The molecular formula is C17H16N2O2. The van der Waals surface area contributed by atoms with Gasteiger partial charge >= 0.3 is 0 Å². The SMILES string of the molecule is CN(C)C(=O)c1ccccc1OCc1ccc(C#N)cc1. The molecule has 0 aliphatic rings. The van der Waals surface area contributed by atoms with Crippen LogP contribution in [-0.4, -0.2) is 24.9 Å². The molecule has 0 aliphatic heterocycles. The van der Waals surface area contributed by atoms with Crippen LogP contribution >= 0.6 is 0 Å². The van der Waals surface area contributed by atoms with Crippen molar-refractivity contribution in [3.8, 4) is 11.8 Å². The zero-order valence-electron chi connectivity index (χ0n) is 12.0. The molecule has 0 atom stereocenters. The molecule has 2 rings (SSSR count). The number of carbonyl (C=O) groups is 1. The Morgan fingerprint density at radius 1 is 1.14 bits per heavy atom. The summed E-state index contributed by atoms with van der Waals surface area (Å²) in [5.74, 6) is 0.464. The molecule has 4 nitrogen and oxygen atoms in total. The lowest BCUT2D eigenvalue weighted by molar-refractivity contribution is 0.0822. The van der Waals surface area contributed by atoms with Crippen LogP contribution < -0.4 is 4.74 Å². The van der Waals surface area contributed by atoms with Crippen LogP contribution in [0.3, 0.4) is 0 Å². The van der Waals surface area contributed by atoms with Gasteiger partial charge in [-0.2, -0.15) is 5.26 Å². The Morgan fingerprint density at radius 2 is 1.81 bits per heavy atom. The van der Waals surface area contributed by atoms with E-state index < -0.39 is 0 Å². The van der Waals surface area contributed by atoms with Crippen molar-refractivity contribution < 1.29 is 9.53 Å². The van der Waals surface area contributed by atoms with Crippen LogP contribution in [0, 0.1) is 11.3 Å². The van der Waals surface area contributed by atoms with Crippen LogP contribution in [0.25, 0.3) is 0 Å². The number of carbonyl (C=O) groups excluding carboxylic acids is 1. The molecule has 0 saturated heterocycles. The smallest absolute Gasteiger partial charge is 0.257 e. The van der Waals surface area contributed by atoms with Gasteiger partial charge in [0.1, 0.15) is 12.4 Å². The summed E-state index contributed by atoms with van der Waals surface area (Å²) in [6, 6.07) is 16.4. The fourth-order valence-corrected chi connectivity index (χ4v) is 1.85. The Morgan fingerprint density at radius 3 is 2.43 bits per heavy atom. The second-order valence-electron chi connectivity index (χ2n) is 4.79. The minimum Gasteiger partial charge on any atom is -0.488 e. The summed E-state index contributed by atoms with van der Waals surface area (Å²) in [5.41, 5.74) is 2.10. The van der Waals surface area contributed by atoms with Crippen LogP contribution in [0.2, 0.25) is 0 Å². The monoisotopic (exact) mass is 280 g/mol. The first kappa shape index (κ1) is 14.6. The average Bonchev–Trinajstić information content (AvgIpc) is 2.53. The molecule has 0 spiro atoms. The largest absolute Gasteiger partial charge is 0.488 e. The summed E-state index contributed by atoms with van der Waals surface area (Å²) >= 11 is 0. The predicted octanol–water partition coefficient (Wildman–Crippen LogP) is 2.84. The Balaban J connectivity index is 2.13. The van der Waals surface area contributed by atoms with E-state index in [9.17, 15) is 4.79 Å². The van der Waals surface area contributed by atoms with Crippen LogP contribution in [-0.2, 0) is 6.61 Å². The molecule has 0 N–H and O–H groups in total. The maximum absolute atomic E-state index is 12.1. The highest BCUT2D eigenvalue weighted by Gasteiger charge is 2.13. The second-order valence-corrected chi connectivity index (χ2v) is 4.79. The van der Waals surface area contributed by atoms with Crippen molar-refractivity contribution >= 4 is 5.91 Å². The molecule has 0 bridgehead atoms. The highest BCUT2D eigenvalue weighted by Crippen LogP contribution is 2.20. The molecule has 4 heteroatoms. The van der Waals surface area contributed by atoms with Gasteiger partial charge < -0.3 is 9.64 Å². The molecule has 0 unspecified atom stereocenters. The van der Waals surface area contributed by atoms with E-state index in [1.807, 2.05) is 24.3 Å². The normalized spacial score (nSPS) is 9.76. The highest BCUT2D eigenvalue weighted by molar-refractivity contribution is 5.96. The third-order valence-electron chi connectivity index (χ3n) is 3.00. The van der Waals surface area contributed by atoms with E-state index in [0.717, 1.165) is 5.56 Å². The molecule has 0 heterocycles. The number of hydrogen-bond acceptors (Lipinski definition) is 3. The fourth-order valence-electron chi connectivity index (χ4n) is 1.85.